The highest BCUT2D eigenvalue weighted by Gasteiger charge is 1.82. The molecule has 1 aliphatic rings. The van der Waals surface area contributed by atoms with Crippen LogP contribution in [0.4, 0.5) is 0 Å². The zero-order chi connectivity index (χ0) is 9.52. The van der Waals surface area contributed by atoms with Gasteiger partial charge in [-0.25, -0.2) is 0 Å². The predicted octanol–water partition coefficient (Wildman–Crippen LogP) is 1.39. The second-order valence-electron chi connectivity index (χ2n) is 2.34. The van der Waals surface area contributed by atoms with E-state index in [1.165, 1.54) is 5.22 Å². The van der Waals surface area contributed by atoms with Crippen molar-refractivity contribution in [2.24, 2.45) is 0 Å². The fourth-order valence-electron chi connectivity index (χ4n) is 1.04. The van der Waals surface area contributed by atoms with Crippen LogP contribution in [-0.4, -0.2) is 4.98 Å². The number of fused-ring (bicyclic) bond motifs is 1. The first kappa shape index (κ1) is 9.50. The van der Waals surface area contributed by atoms with Gasteiger partial charge in [0.2, 0.25) is 0 Å². The Morgan fingerprint density at radius 1 is 1.08 bits per heavy atom. The third-order valence-corrected chi connectivity index (χ3v) is 1.61. The van der Waals surface area contributed by atoms with Crippen molar-refractivity contribution in [2.45, 2.75) is 13.8 Å². The molecule has 0 amide bonds. The monoisotopic (exact) mass is 171 g/mol. The highest BCUT2D eigenvalue weighted by Crippen LogP contribution is 1.77. The molecule has 0 atom stereocenters. The van der Waals surface area contributed by atoms with Gasteiger partial charge in [0.15, 0.2) is 0 Å². The third kappa shape index (κ3) is 2.43. The Bertz CT molecular complexity index is 395. The van der Waals surface area contributed by atoms with Crippen LogP contribution in [0.2, 0.25) is 0 Å². The van der Waals surface area contributed by atoms with E-state index in [4.69, 9.17) is 0 Å². The molecule has 2 rings (SSSR count). The first-order chi connectivity index (χ1) is 6.47. The van der Waals surface area contributed by atoms with Gasteiger partial charge in [0.25, 0.3) is 0 Å². The lowest BCUT2D eigenvalue weighted by Crippen LogP contribution is -2.23. The van der Waals surface area contributed by atoms with Crippen molar-refractivity contribution >= 4 is 12.2 Å². The summed E-state index contributed by atoms with van der Waals surface area (Å²) in [4.78, 5) is 4.03. The number of allylic oxidation sites excluding steroid dienone is 1. The molecule has 1 aliphatic carbocycles. The van der Waals surface area contributed by atoms with Gasteiger partial charge in [-0.2, -0.15) is 0 Å². The van der Waals surface area contributed by atoms with Crippen molar-refractivity contribution in [3.63, 3.8) is 0 Å². The largest absolute Gasteiger partial charge is 0.264 e. The quantitative estimate of drug-likeness (QED) is 0.538. The fraction of sp³-hybridized carbons (Fsp3) is 0.167. The molecule has 0 saturated carbocycles. The van der Waals surface area contributed by atoms with Crippen molar-refractivity contribution < 1.29 is 0 Å². The number of aromatic nitrogens is 1. The topological polar surface area (TPSA) is 12.9 Å². The van der Waals surface area contributed by atoms with E-state index >= 15 is 0 Å². The van der Waals surface area contributed by atoms with Crippen LogP contribution in [0.15, 0.2) is 36.3 Å². The van der Waals surface area contributed by atoms with E-state index in [-0.39, 0.29) is 0 Å². The fourth-order valence-corrected chi connectivity index (χ4v) is 1.04. The van der Waals surface area contributed by atoms with Gasteiger partial charge in [0.05, 0.1) is 0 Å². The Morgan fingerprint density at radius 3 is 2.54 bits per heavy atom. The van der Waals surface area contributed by atoms with Crippen LogP contribution in [0.1, 0.15) is 13.8 Å². The molecule has 1 heterocycles. The summed E-state index contributed by atoms with van der Waals surface area (Å²) in [6.45, 7) is 4.00. The maximum absolute atomic E-state index is 4.03. The molecule has 1 heteroatoms. The maximum atomic E-state index is 4.03. The summed E-state index contributed by atoms with van der Waals surface area (Å²) in [6, 6.07) is 1.99. The van der Waals surface area contributed by atoms with Crippen molar-refractivity contribution in [1.29, 1.82) is 0 Å². The number of rotatable bonds is 0. The minimum Gasteiger partial charge on any atom is -0.264 e. The predicted molar refractivity (Wildman–Crippen MR) is 56.4 cm³/mol. The van der Waals surface area contributed by atoms with Crippen LogP contribution >= 0.6 is 0 Å². The molecule has 0 aliphatic heterocycles. The Morgan fingerprint density at radius 2 is 1.77 bits per heavy atom. The standard InChI is InChI=1S/C10H7N.C2H6/c1-2-4-9-6-7-11-8-10(9)5-3-1;1-2/h2-8H;1-2H3. The molecule has 1 aromatic rings. The summed E-state index contributed by atoms with van der Waals surface area (Å²) >= 11 is 0. The van der Waals surface area contributed by atoms with Crippen LogP contribution in [0.25, 0.3) is 12.2 Å². The molecule has 1 nitrogen and oxygen atoms in total. The van der Waals surface area contributed by atoms with Crippen molar-refractivity contribution in [2.75, 3.05) is 0 Å². The smallest absolute Gasteiger partial charge is 0.0346 e. The summed E-state index contributed by atoms with van der Waals surface area (Å²) in [7, 11) is 0. The van der Waals surface area contributed by atoms with Crippen LogP contribution in [0, 0.1) is 0 Å². The SMILES string of the molecule is C1=CC=c2ccncc2=CC=1.CC. The number of hydrogen-bond donors (Lipinski definition) is 0. The Hall–Kier alpha value is -1.59. The number of pyridine rings is 1. The minimum absolute atomic E-state index is 1.15. The molecular formula is C12H13N. The molecule has 66 valence electrons. The Kier molecular flexibility index (Phi) is 3.74. The van der Waals surface area contributed by atoms with Gasteiger partial charge in [-0.05, 0) is 35.6 Å². The van der Waals surface area contributed by atoms with E-state index in [0.717, 1.165) is 5.22 Å². The first-order valence-electron chi connectivity index (χ1n) is 4.50. The molecule has 13 heavy (non-hydrogen) atoms. The van der Waals surface area contributed by atoms with Gasteiger partial charge in [0.1, 0.15) is 0 Å². The van der Waals surface area contributed by atoms with Crippen LogP contribution in [0.3, 0.4) is 0 Å². The molecule has 0 radical (unpaired) electrons. The Balaban J connectivity index is 0.000000396. The summed E-state index contributed by atoms with van der Waals surface area (Å²) in [5.41, 5.74) is 3.01. The zero-order valence-electron chi connectivity index (χ0n) is 7.99. The van der Waals surface area contributed by atoms with Gasteiger partial charge in [0, 0.05) is 17.6 Å². The van der Waals surface area contributed by atoms with Gasteiger partial charge < -0.3 is 0 Å². The second-order valence-corrected chi connectivity index (χ2v) is 2.34. The zero-order valence-corrected chi connectivity index (χ0v) is 7.99. The molecule has 0 unspecified atom stereocenters. The van der Waals surface area contributed by atoms with Crippen LogP contribution < -0.4 is 10.4 Å². The molecule has 0 saturated heterocycles. The van der Waals surface area contributed by atoms with E-state index in [9.17, 15) is 0 Å². The molecule has 0 aromatic carbocycles. The van der Waals surface area contributed by atoms with Gasteiger partial charge in [-0.1, -0.05) is 13.8 Å². The average molecular weight is 171 g/mol. The number of nitrogens with zero attached hydrogens (tertiary/aromatic N) is 1. The maximum Gasteiger partial charge on any atom is 0.0346 e. The summed E-state index contributed by atoms with van der Waals surface area (Å²) in [5, 5.41) is 2.34. The van der Waals surface area contributed by atoms with E-state index in [2.05, 4.69) is 10.7 Å². The lowest BCUT2D eigenvalue weighted by molar-refractivity contribution is 1.28. The molecule has 0 spiro atoms. The first-order valence-corrected chi connectivity index (χ1v) is 4.50. The lowest BCUT2D eigenvalue weighted by Gasteiger charge is -1.84. The lowest BCUT2D eigenvalue weighted by atomic mass is 10.3. The normalized spacial score (nSPS) is 11.2. The minimum atomic E-state index is 1.15. The highest BCUT2D eigenvalue weighted by atomic mass is 14.6. The number of hydrogen-bond acceptors (Lipinski definition) is 1. The summed E-state index contributed by atoms with van der Waals surface area (Å²) in [5.74, 6) is 0. The molecular weight excluding hydrogens is 158 g/mol. The Labute approximate surface area is 78.4 Å². The molecule has 0 bridgehead atoms. The van der Waals surface area contributed by atoms with Crippen LogP contribution in [0.5, 0.6) is 0 Å². The molecule has 1 aromatic heterocycles. The van der Waals surface area contributed by atoms with Crippen molar-refractivity contribution in [3.05, 3.63) is 46.8 Å². The summed E-state index contributed by atoms with van der Waals surface area (Å²) < 4.78 is 0. The van der Waals surface area contributed by atoms with Gasteiger partial charge in [-0.3, -0.25) is 4.98 Å². The highest BCUT2D eigenvalue weighted by molar-refractivity contribution is 5.46. The van der Waals surface area contributed by atoms with E-state index in [1.54, 1.807) is 6.20 Å². The van der Waals surface area contributed by atoms with Crippen LogP contribution in [-0.2, 0) is 0 Å². The van der Waals surface area contributed by atoms with Gasteiger partial charge >= 0.3 is 0 Å². The molecule has 0 fully saturated rings. The third-order valence-electron chi connectivity index (χ3n) is 1.61. The van der Waals surface area contributed by atoms with Crippen molar-refractivity contribution in [1.82, 2.24) is 4.98 Å². The summed E-state index contributed by atoms with van der Waals surface area (Å²) in [6.07, 6.45) is 11.5. The van der Waals surface area contributed by atoms with Gasteiger partial charge in [-0.15, -0.1) is 5.73 Å². The van der Waals surface area contributed by atoms with E-state index in [1.807, 2.05) is 50.4 Å². The van der Waals surface area contributed by atoms with E-state index in [0.29, 0.717) is 0 Å². The molecule has 0 N–H and O–H groups in total. The van der Waals surface area contributed by atoms with E-state index < -0.39 is 0 Å². The second kappa shape index (κ2) is 5.13. The van der Waals surface area contributed by atoms with Crippen molar-refractivity contribution in [3.8, 4) is 0 Å². The average Bonchev–Trinajstić information content (AvgIpc) is 2.45.